The molecule has 0 aliphatic heterocycles. The monoisotopic (exact) mass is 310 g/mol. The molecule has 1 aromatic rings. The number of ether oxygens (including phenoxy) is 4. The molecule has 0 heterocycles. The van der Waals surface area contributed by atoms with Gasteiger partial charge in [-0.3, -0.25) is 0 Å². The third-order valence-electron chi connectivity index (χ3n) is 2.72. The van der Waals surface area contributed by atoms with E-state index in [-0.39, 0.29) is 11.1 Å². The highest BCUT2D eigenvalue weighted by Gasteiger charge is 2.22. The molecule has 2 unspecified atom stereocenters. The SMILES string of the molecule is CCOC(C)OC(=O)c1ccccc1C(=O)OC(C)OCC. The maximum Gasteiger partial charge on any atom is 0.341 e. The minimum absolute atomic E-state index is 0.128. The summed E-state index contributed by atoms with van der Waals surface area (Å²) < 4.78 is 20.5. The van der Waals surface area contributed by atoms with Crippen LogP contribution in [-0.4, -0.2) is 37.7 Å². The number of carbonyl (C=O) groups is 2. The summed E-state index contributed by atoms with van der Waals surface area (Å²) in [6.45, 7) is 7.66. The Morgan fingerprint density at radius 1 is 0.864 bits per heavy atom. The summed E-state index contributed by atoms with van der Waals surface area (Å²) in [6, 6.07) is 6.29. The van der Waals surface area contributed by atoms with E-state index in [0.717, 1.165) is 0 Å². The first-order valence-corrected chi connectivity index (χ1v) is 7.23. The first-order chi connectivity index (χ1) is 10.5. The van der Waals surface area contributed by atoms with E-state index in [1.807, 2.05) is 0 Å². The minimum Gasteiger partial charge on any atom is -0.432 e. The average molecular weight is 310 g/mol. The zero-order valence-electron chi connectivity index (χ0n) is 13.3. The Morgan fingerprint density at radius 3 is 1.55 bits per heavy atom. The van der Waals surface area contributed by atoms with Crippen molar-refractivity contribution in [2.45, 2.75) is 40.3 Å². The van der Waals surface area contributed by atoms with E-state index in [9.17, 15) is 9.59 Å². The van der Waals surface area contributed by atoms with Gasteiger partial charge in [-0.2, -0.15) is 0 Å². The van der Waals surface area contributed by atoms with Crippen LogP contribution in [0.3, 0.4) is 0 Å². The molecule has 0 aromatic heterocycles. The number of benzene rings is 1. The maximum absolute atomic E-state index is 12.1. The lowest BCUT2D eigenvalue weighted by Crippen LogP contribution is -2.23. The fourth-order valence-corrected chi connectivity index (χ4v) is 1.81. The molecule has 0 saturated carbocycles. The number of rotatable bonds is 8. The van der Waals surface area contributed by atoms with Gasteiger partial charge in [0, 0.05) is 13.2 Å². The average Bonchev–Trinajstić information content (AvgIpc) is 2.47. The molecule has 6 nitrogen and oxygen atoms in total. The number of carbonyl (C=O) groups excluding carboxylic acids is 2. The van der Waals surface area contributed by atoms with Crippen LogP contribution in [0.2, 0.25) is 0 Å². The lowest BCUT2D eigenvalue weighted by molar-refractivity contribution is -0.0967. The lowest BCUT2D eigenvalue weighted by atomic mass is 10.1. The Balaban J connectivity index is 2.84. The Hall–Kier alpha value is -1.92. The molecular formula is C16H22O6. The summed E-state index contributed by atoms with van der Waals surface area (Å²) in [6.07, 6.45) is -1.38. The van der Waals surface area contributed by atoms with E-state index in [4.69, 9.17) is 18.9 Å². The van der Waals surface area contributed by atoms with Crippen molar-refractivity contribution in [1.29, 1.82) is 0 Å². The van der Waals surface area contributed by atoms with Crippen LogP contribution in [-0.2, 0) is 18.9 Å². The van der Waals surface area contributed by atoms with Gasteiger partial charge in [-0.05, 0) is 39.8 Å². The Kier molecular flexibility index (Phi) is 7.56. The van der Waals surface area contributed by atoms with Gasteiger partial charge in [0.1, 0.15) is 0 Å². The second kappa shape index (κ2) is 9.17. The Bertz CT molecular complexity index is 454. The molecule has 1 rings (SSSR count). The van der Waals surface area contributed by atoms with Gasteiger partial charge >= 0.3 is 11.9 Å². The van der Waals surface area contributed by atoms with Crippen LogP contribution in [0.1, 0.15) is 48.4 Å². The third kappa shape index (κ3) is 5.46. The van der Waals surface area contributed by atoms with Crippen molar-refractivity contribution in [2.24, 2.45) is 0 Å². The molecule has 0 N–H and O–H groups in total. The van der Waals surface area contributed by atoms with Gasteiger partial charge in [-0.1, -0.05) is 12.1 Å². The number of hydrogen-bond acceptors (Lipinski definition) is 6. The van der Waals surface area contributed by atoms with Crippen LogP contribution in [0.5, 0.6) is 0 Å². The highest BCUT2D eigenvalue weighted by molar-refractivity contribution is 6.03. The Morgan fingerprint density at radius 2 is 1.23 bits per heavy atom. The first kappa shape index (κ1) is 18.1. The van der Waals surface area contributed by atoms with Gasteiger partial charge in [-0.25, -0.2) is 9.59 Å². The Labute approximate surface area is 130 Å². The van der Waals surface area contributed by atoms with Crippen LogP contribution >= 0.6 is 0 Å². The van der Waals surface area contributed by atoms with Gasteiger partial charge in [0.05, 0.1) is 11.1 Å². The van der Waals surface area contributed by atoms with E-state index in [0.29, 0.717) is 13.2 Å². The van der Waals surface area contributed by atoms with Crippen molar-refractivity contribution in [1.82, 2.24) is 0 Å². The van der Waals surface area contributed by atoms with E-state index >= 15 is 0 Å². The highest BCUT2D eigenvalue weighted by atomic mass is 16.7. The molecule has 6 heteroatoms. The van der Waals surface area contributed by atoms with Crippen molar-refractivity contribution < 1.29 is 28.5 Å². The standard InChI is InChI=1S/C16H22O6/c1-5-19-11(3)21-15(17)13-9-7-8-10-14(13)16(18)22-12(4)20-6-2/h7-12H,5-6H2,1-4H3. The van der Waals surface area contributed by atoms with Crippen LogP contribution in [0.4, 0.5) is 0 Å². The van der Waals surface area contributed by atoms with Gasteiger partial charge in [0.2, 0.25) is 0 Å². The second-order valence-corrected chi connectivity index (χ2v) is 4.40. The van der Waals surface area contributed by atoms with E-state index < -0.39 is 24.5 Å². The predicted octanol–water partition coefficient (Wildman–Crippen LogP) is 2.77. The summed E-state index contributed by atoms with van der Waals surface area (Å²) in [5.41, 5.74) is 0.255. The molecular weight excluding hydrogens is 288 g/mol. The zero-order valence-corrected chi connectivity index (χ0v) is 13.3. The molecule has 0 saturated heterocycles. The minimum atomic E-state index is -0.691. The normalized spacial score (nSPS) is 13.3. The fraction of sp³-hybridized carbons (Fsp3) is 0.500. The summed E-state index contributed by atoms with van der Waals surface area (Å²) in [5, 5.41) is 0. The first-order valence-electron chi connectivity index (χ1n) is 7.23. The fourth-order valence-electron chi connectivity index (χ4n) is 1.81. The van der Waals surface area contributed by atoms with E-state index in [1.165, 1.54) is 12.1 Å². The zero-order chi connectivity index (χ0) is 16.5. The van der Waals surface area contributed by atoms with Gasteiger partial charge in [0.15, 0.2) is 12.6 Å². The molecule has 0 aliphatic carbocycles. The van der Waals surface area contributed by atoms with Gasteiger partial charge < -0.3 is 18.9 Å². The molecule has 0 spiro atoms. The van der Waals surface area contributed by atoms with E-state index in [1.54, 1.807) is 39.8 Å². The van der Waals surface area contributed by atoms with Crippen LogP contribution in [0.25, 0.3) is 0 Å². The van der Waals surface area contributed by atoms with Crippen LogP contribution < -0.4 is 0 Å². The number of hydrogen-bond donors (Lipinski definition) is 0. The maximum atomic E-state index is 12.1. The molecule has 0 aliphatic rings. The quantitative estimate of drug-likeness (QED) is 0.543. The summed E-state index contributed by atoms with van der Waals surface area (Å²) in [5.74, 6) is -1.28. The lowest BCUT2D eigenvalue weighted by Gasteiger charge is -2.16. The smallest absolute Gasteiger partial charge is 0.341 e. The largest absolute Gasteiger partial charge is 0.432 e. The molecule has 0 radical (unpaired) electrons. The molecule has 0 fully saturated rings. The van der Waals surface area contributed by atoms with Crippen molar-refractivity contribution >= 4 is 11.9 Å². The highest BCUT2D eigenvalue weighted by Crippen LogP contribution is 2.14. The van der Waals surface area contributed by atoms with Crippen molar-refractivity contribution in [2.75, 3.05) is 13.2 Å². The van der Waals surface area contributed by atoms with E-state index in [2.05, 4.69) is 0 Å². The van der Waals surface area contributed by atoms with Gasteiger partial charge in [0.25, 0.3) is 0 Å². The van der Waals surface area contributed by atoms with Crippen LogP contribution in [0.15, 0.2) is 24.3 Å². The molecule has 0 amide bonds. The molecule has 22 heavy (non-hydrogen) atoms. The second-order valence-electron chi connectivity index (χ2n) is 4.40. The topological polar surface area (TPSA) is 71.1 Å². The van der Waals surface area contributed by atoms with Crippen molar-refractivity contribution in [3.05, 3.63) is 35.4 Å². The predicted molar refractivity (Wildman–Crippen MR) is 79.4 cm³/mol. The summed E-state index contributed by atoms with van der Waals surface area (Å²) in [4.78, 5) is 24.3. The van der Waals surface area contributed by atoms with Crippen LogP contribution in [0, 0.1) is 0 Å². The van der Waals surface area contributed by atoms with Gasteiger partial charge in [-0.15, -0.1) is 0 Å². The third-order valence-corrected chi connectivity index (χ3v) is 2.72. The molecule has 1 aromatic carbocycles. The van der Waals surface area contributed by atoms with Crippen molar-refractivity contribution in [3.8, 4) is 0 Å². The summed E-state index contributed by atoms with van der Waals surface area (Å²) in [7, 11) is 0. The van der Waals surface area contributed by atoms with Crippen molar-refractivity contribution in [3.63, 3.8) is 0 Å². The molecule has 122 valence electrons. The molecule has 2 atom stereocenters. The number of esters is 2. The summed E-state index contributed by atoms with van der Waals surface area (Å²) >= 11 is 0. The molecule has 0 bridgehead atoms.